The molecule has 2 aromatic carbocycles. The van der Waals surface area contributed by atoms with E-state index in [1.165, 1.54) is 12.1 Å². The molecule has 70 heavy (non-hydrogen) atoms. The lowest BCUT2D eigenvalue weighted by molar-refractivity contribution is -0.438. The summed E-state index contributed by atoms with van der Waals surface area (Å²) in [6.07, 6.45) is 20.1. The third-order valence-corrected chi connectivity index (χ3v) is 16.3. The number of carboxylic acids is 1. The van der Waals surface area contributed by atoms with Gasteiger partial charge in [0.15, 0.2) is 5.71 Å². The van der Waals surface area contributed by atoms with Gasteiger partial charge in [0, 0.05) is 71.0 Å². The van der Waals surface area contributed by atoms with Gasteiger partial charge in [-0.2, -0.15) is 29.8 Å². The van der Waals surface area contributed by atoms with Gasteiger partial charge in [0.1, 0.15) is 6.54 Å². The Bertz CT molecular complexity index is 2690. The molecule has 0 spiro atoms. The molecule has 6 N–H and O–H groups in total. The first-order valence-corrected chi connectivity index (χ1v) is 29.4. The van der Waals surface area contributed by atoms with E-state index in [-0.39, 0.29) is 29.9 Å². The van der Waals surface area contributed by atoms with Gasteiger partial charge in [0.05, 0.1) is 33.9 Å². The second-order valence-electron chi connectivity index (χ2n) is 19.2. The zero-order chi connectivity index (χ0) is 51.3. The van der Waals surface area contributed by atoms with E-state index in [0.717, 1.165) is 121 Å². The van der Waals surface area contributed by atoms with E-state index in [1.54, 1.807) is 6.07 Å². The summed E-state index contributed by atoms with van der Waals surface area (Å²) in [5.74, 6) is -1.50. The standard InChI is InChI=1S/C49H69N3O14S4/c1-48(2)40-34-38(67-66-65-55)23-25-42(40)51(30-13-15-32-68(56,57)58)44(48)27-21-36-18-17-19-37(47(36)50-29-12-10-8-6-5-7-9-11-20-46(53)54)22-28-45-49(3,4)41-35-39(70(62,63)64)24-26-43(41)52(45)31-14-16-33-69(59,60)61/h21-28,34-35H,5-20,29-33H2,1-4H3,(H5,53,54,55,56,57,58,59,60,61,62,63,64)/p+1/b37-22+,45-28+. The lowest BCUT2D eigenvalue weighted by Crippen LogP contribution is -2.28. The summed E-state index contributed by atoms with van der Waals surface area (Å²) in [7, 11) is -12.8. The molecular weight excluding hydrogens is 983 g/mol. The summed E-state index contributed by atoms with van der Waals surface area (Å²) < 4.78 is 107. The van der Waals surface area contributed by atoms with Crippen LogP contribution in [0.4, 0.5) is 11.4 Å². The maximum Gasteiger partial charge on any atom is 0.303 e. The molecular formula is C49H70N3O14S4+. The number of aliphatic carboxylic acids is 1. The van der Waals surface area contributed by atoms with E-state index in [0.29, 0.717) is 49.4 Å². The van der Waals surface area contributed by atoms with E-state index < -0.39 is 52.9 Å². The molecule has 0 bridgehead atoms. The van der Waals surface area contributed by atoms with Gasteiger partial charge in [-0.1, -0.05) is 69.6 Å². The number of unbranched alkanes of at least 4 members (excludes halogenated alkanes) is 9. The van der Waals surface area contributed by atoms with Crippen molar-refractivity contribution in [2.75, 3.05) is 36.0 Å². The van der Waals surface area contributed by atoms with Gasteiger partial charge in [-0.3, -0.25) is 18.5 Å². The molecule has 5 rings (SSSR count). The third-order valence-electron chi connectivity index (χ3n) is 13.3. The fourth-order valence-electron chi connectivity index (χ4n) is 9.69. The first-order valence-electron chi connectivity index (χ1n) is 24.0. The summed E-state index contributed by atoms with van der Waals surface area (Å²) in [6.45, 7) is 9.75. The third kappa shape index (κ3) is 16.1. The molecule has 2 heterocycles. The molecule has 2 aromatic rings. The van der Waals surface area contributed by atoms with Gasteiger partial charge in [0.25, 0.3) is 30.4 Å². The lowest BCUT2D eigenvalue weighted by atomic mass is 9.81. The quantitative estimate of drug-likeness (QED) is 0.0111. The van der Waals surface area contributed by atoms with Crippen molar-refractivity contribution in [3.05, 3.63) is 94.4 Å². The average molecular weight is 1050 g/mol. The van der Waals surface area contributed by atoms with Gasteiger partial charge in [0.2, 0.25) is 5.69 Å². The average Bonchev–Trinajstić information content (AvgIpc) is 3.62. The Morgan fingerprint density at radius 3 is 2.07 bits per heavy atom. The van der Waals surface area contributed by atoms with Crippen molar-refractivity contribution in [2.45, 2.75) is 151 Å². The Kier molecular flexibility index (Phi) is 20.5. The van der Waals surface area contributed by atoms with Gasteiger partial charge in [-0.15, -0.1) is 4.33 Å². The number of nitrogens with zero attached hydrogens (tertiary/aromatic N) is 2. The second-order valence-corrected chi connectivity index (χ2v) is 24.6. The molecule has 21 heteroatoms. The van der Waals surface area contributed by atoms with Crippen LogP contribution in [-0.4, -0.2) is 96.7 Å². The SMILES string of the molecule is CC1(C)C(/C=C/C2=C(NCCCCCCCCCCC(=O)O)C(=C/C=C3/N(CCCCS(=O)(=O)O)c4ccc(S(=O)(=O)O)cc4C3(C)C)/CCC2)=[N+](CCCCS(=O)(=O)O)c2ccc(SOOO)cc21. The zero-order valence-corrected chi connectivity index (χ0v) is 43.8. The number of allylic oxidation sites excluding steroid dienone is 7. The molecule has 0 amide bonds. The first-order chi connectivity index (χ1) is 32.9. The van der Waals surface area contributed by atoms with Crippen LogP contribution in [0.1, 0.15) is 142 Å². The summed E-state index contributed by atoms with van der Waals surface area (Å²) in [5.41, 5.74) is 7.03. The molecule has 0 saturated carbocycles. The fourth-order valence-corrected chi connectivity index (χ4v) is 11.7. The van der Waals surface area contributed by atoms with Gasteiger partial charge < -0.3 is 15.3 Å². The topological polar surface area (TPSA) is 257 Å². The van der Waals surface area contributed by atoms with Crippen LogP contribution in [0.5, 0.6) is 0 Å². The van der Waals surface area contributed by atoms with Crippen LogP contribution in [-0.2, 0) is 55.4 Å². The molecule has 0 aromatic heterocycles. The predicted octanol–water partition coefficient (Wildman–Crippen LogP) is 9.86. The highest BCUT2D eigenvalue weighted by Crippen LogP contribution is 2.49. The normalized spacial score (nSPS) is 18.1. The van der Waals surface area contributed by atoms with Crippen LogP contribution >= 0.6 is 12.0 Å². The summed E-state index contributed by atoms with van der Waals surface area (Å²) in [6, 6.07) is 10.3. The summed E-state index contributed by atoms with van der Waals surface area (Å²) in [4.78, 5) is 13.4. The molecule has 0 radical (unpaired) electrons. The number of hydrogen-bond donors (Lipinski definition) is 6. The molecule has 0 atom stereocenters. The number of rotatable bonds is 29. The van der Waals surface area contributed by atoms with Crippen molar-refractivity contribution < 1.29 is 68.0 Å². The number of carboxylic acid groups (broad SMARTS) is 1. The largest absolute Gasteiger partial charge is 0.481 e. The van der Waals surface area contributed by atoms with Crippen molar-refractivity contribution in [2.24, 2.45) is 0 Å². The monoisotopic (exact) mass is 1050 g/mol. The van der Waals surface area contributed by atoms with Gasteiger partial charge >= 0.3 is 5.97 Å². The molecule has 388 valence electrons. The maximum absolute atomic E-state index is 12.3. The van der Waals surface area contributed by atoms with Gasteiger partial charge in [-0.25, -0.2) is 5.26 Å². The van der Waals surface area contributed by atoms with Crippen molar-refractivity contribution >= 4 is 65.5 Å². The summed E-state index contributed by atoms with van der Waals surface area (Å²) in [5, 5.41) is 25.4. The Labute approximate surface area is 418 Å². The van der Waals surface area contributed by atoms with Crippen LogP contribution in [0.25, 0.3) is 0 Å². The number of carbonyl (C=O) groups is 1. The number of nitrogens with one attached hydrogen (secondary N) is 1. The van der Waals surface area contributed by atoms with Crippen LogP contribution in [0.15, 0.2) is 93.0 Å². The van der Waals surface area contributed by atoms with Crippen molar-refractivity contribution in [3.63, 3.8) is 0 Å². The van der Waals surface area contributed by atoms with E-state index in [9.17, 15) is 43.7 Å². The summed E-state index contributed by atoms with van der Waals surface area (Å²) >= 11 is 0.860. The lowest BCUT2D eigenvalue weighted by Gasteiger charge is -2.28. The van der Waals surface area contributed by atoms with Crippen LogP contribution in [0, 0.1) is 0 Å². The molecule has 3 aliphatic rings. The molecule has 17 nitrogen and oxygen atoms in total. The number of fused-ring (bicyclic) bond motifs is 2. The fraction of sp³-hybridized carbons (Fsp3) is 0.551. The zero-order valence-electron chi connectivity index (χ0n) is 40.6. The minimum Gasteiger partial charge on any atom is -0.481 e. The Morgan fingerprint density at radius 2 is 1.43 bits per heavy atom. The van der Waals surface area contributed by atoms with Crippen LogP contribution in [0.2, 0.25) is 0 Å². The smallest absolute Gasteiger partial charge is 0.303 e. The maximum atomic E-state index is 12.3. The molecule has 1 aliphatic carbocycles. The van der Waals surface area contributed by atoms with Gasteiger partial charge in [-0.05, 0) is 118 Å². The van der Waals surface area contributed by atoms with E-state index in [2.05, 4.69) is 47.0 Å². The molecule has 0 fully saturated rings. The minimum atomic E-state index is -4.51. The Hall–Kier alpha value is -3.90. The highest BCUT2D eigenvalue weighted by Gasteiger charge is 2.45. The molecule has 0 saturated heterocycles. The number of anilines is 1. The van der Waals surface area contributed by atoms with Crippen molar-refractivity contribution in [1.82, 2.24) is 5.32 Å². The first kappa shape index (κ1) is 57.0. The predicted molar refractivity (Wildman–Crippen MR) is 271 cm³/mol. The Morgan fingerprint density at radius 1 is 0.771 bits per heavy atom. The number of hydrogen-bond acceptors (Lipinski definition) is 13. The van der Waals surface area contributed by atoms with Crippen molar-refractivity contribution in [3.8, 4) is 0 Å². The number of benzene rings is 2. The highest BCUT2D eigenvalue weighted by atomic mass is 32.2. The van der Waals surface area contributed by atoms with Crippen LogP contribution < -0.4 is 10.2 Å². The van der Waals surface area contributed by atoms with E-state index >= 15 is 0 Å². The minimum absolute atomic E-state index is 0.203. The highest BCUT2D eigenvalue weighted by molar-refractivity contribution is 7.94. The molecule has 0 unspecified atom stereocenters. The van der Waals surface area contributed by atoms with Crippen LogP contribution in [0.3, 0.4) is 0 Å². The van der Waals surface area contributed by atoms with E-state index in [4.69, 9.17) is 14.7 Å². The second kappa shape index (κ2) is 25.2. The van der Waals surface area contributed by atoms with Crippen molar-refractivity contribution in [1.29, 1.82) is 0 Å². The Balaban J connectivity index is 1.52. The molecule has 2 aliphatic heterocycles. The van der Waals surface area contributed by atoms with E-state index in [1.807, 2.05) is 43.0 Å².